The van der Waals surface area contributed by atoms with Gasteiger partial charge in [-0.05, 0) is 70.6 Å². The van der Waals surface area contributed by atoms with Crippen LogP contribution in [-0.2, 0) is 19.0 Å². The minimum atomic E-state index is -0.294. The van der Waals surface area contributed by atoms with Crippen molar-refractivity contribution in [3.63, 3.8) is 0 Å². The fourth-order valence-corrected chi connectivity index (χ4v) is 5.90. The highest BCUT2D eigenvalue weighted by Crippen LogP contribution is 2.12. The summed E-state index contributed by atoms with van der Waals surface area (Å²) >= 11 is 0. The van der Waals surface area contributed by atoms with Gasteiger partial charge in [-0.25, -0.2) is 0 Å². The summed E-state index contributed by atoms with van der Waals surface area (Å²) in [4.78, 5) is 12.1. The topological polar surface area (TPSA) is 44.8 Å². The number of ether oxygens (including phenoxy) is 3. The zero-order valence-corrected chi connectivity index (χ0v) is 32.1. The molecule has 4 heteroatoms. The van der Waals surface area contributed by atoms with Crippen molar-refractivity contribution >= 4 is 5.97 Å². The van der Waals surface area contributed by atoms with Crippen molar-refractivity contribution in [2.75, 3.05) is 26.4 Å². The monoisotopic (exact) mass is 663 g/mol. The molecule has 0 fully saturated rings. The first-order valence-electron chi connectivity index (χ1n) is 20.9. The van der Waals surface area contributed by atoms with Gasteiger partial charge in [0.2, 0.25) is 0 Å². The van der Waals surface area contributed by atoms with E-state index < -0.39 is 0 Å². The standard InChI is InChI=1S/C43H82O4/c1-4-7-9-11-13-15-17-19-21-23-25-27-29-31-33-35-38-45-40-42(47-43(44)37-6-3)41-46-39-36-34-32-30-28-26-24-22-20-18-16-14-12-10-8-5-2/h19-22,42H,4-18,23-41H2,1-3H3. The zero-order valence-electron chi connectivity index (χ0n) is 32.1. The molecule has 0 heterocycles. The molecule has 0 amide bonds. The maximum absolute atomic E-state index is 12.1. The average molecular weight is 663 g/mol. The molecular weight excluding hydrogens is 580 g/mol. The third-order valence-corrected chi connectivity index (χ3v) is 8.96. The van der Waals surface area contributed by atoms with Crippen LogP contribution >= 0.6 is 0 Å². The number of hydrogen-bond donors (Lipinski definition) is 0. The van der Waals surface area contributed by atoms with Gasteiger partial charge in [0, 0.05) is 19.6 Å². The van der Waals surface area contributed by atoms with Crippen molar-refractivity contribution in [2.24, 2.45) is 0 Å². The van der Waals surface area contributed by atoms with Crippen molar-refractivity contribution < 1.29 is 19.0 Å². The van der Waals surface area contributed by atoms with Gasteiger partial charge < -0.3 is 14.2 Å². The predicted molar refractivity (Wildman–Crippen MR) is 205 cm³/mol. The number of carbonyl (C=O) groups is 1. The highest BCUT2D eigenvalue weighted by atomic mass is 16.6. The van der Waals surface area contributed by atoms with E-state index >= 15 is 0 Å². The minimum absolute atomic E-state index is 0.140. The lowest BCUT2D eigenvalue weighted by Gasteiger charge is -2.18. The SMILES string of the molecule is CCCCCCCCC=CCCCCCCCCOCC(COCCCCCCCCC=CCCCCCCCC)OC(=O)CCC. The molecule has 0 aliphatic heterocycles. The van der Waals surface area contributed by atoms with E-state index in [1.54, 1.807) is 0 Å². The zero-order chi connectivity index (χ0) is 34.1. The molecule has 0 saturated carbocycles. The quantitative estimate of drug-likeness (QED) is 0.0373. The lowest BCUT2D eigenvalue weighted by molar-refractivity contribution is -0.156. The van der Waals surface area contributed by atoms with Crippen LogP contribution < -0.4 is 0 Å². The molecule has 0 aromatic carbocycles. The summed E-state index contributed by atoms with van der Waals surface area (Å²) in [6.45, 7) is 8.91. The molecule has 278 valence electrons. The van der Waals surface area contributed by atoms with Crippen molar-refractivity contribution in [3.8, 4) is 0 Å². The number of unbranched alkanes of at least 4 members (excludes halogenated alkanes) is 24. The third kappa shape index (κ3) is 39.2. The van der Waals surface area contributed by atoms with Crippen molar-refractivity contribution in [2.45, 2.75) is 219 Å². The average Bonchev–Trinajstić information content (AvgIpc) is 3.07. The summed E-state index contributed by atoms with van der Waals surface area (Å²) in [5.74, 6) is -0.140. The first-order valence-corrected chi connectivity index (χ1v) is 20.9. The van der Waals surface area contributed by atoms with Gasteiger partial charge in [-0.15, -0.1) is 0 Å². The second-order valence-corrected chi connectivity index (χ2v) is 13.9. The van der Waals surface area contributed by atoms with Crippen LogP contribution in [0.25, 0.3) is 0 Å². The second-order valence-electron chi connectivity index (χ2n) is 13.9. The Kier molecular flexibility index (Phi) is 40.1. The molecule has 0 aliphatic rings. The van der Waals surface area contributed by atoms with Gasteiger partial charge in [0.25, 0.3) is 0 Å². The normalized spacial score (nSPS) is 12.5. The van der Waals surface area contributed by atoms with Gasteiger partial charge >= 0.3 is 5.97 Å². The Balaban J connectivity index is 3.69. The van der Waals surface area contributed by atoms with E-state index in [4.69, 9.17) is 14.2 Å². The molecule has 0 radical (unpaired) electrons. The summed E-state index contributed by atoms with van der Waals surface area (Å²) in [6, 6.07) is 0. The Hall–Kier alpha value is -1.13. The van der Waals surface area contributed by atoms with E-state index in [0.717, 1.165) is 32.5 Å². The van der Waals surface area contributed by atoms with Crippen LogP contribution in [0.4, 0.5) is 0 Å². The van der Waals surface area contributed by atoms with Gasteiger partial charge in [-0.3, -0.25) is 4.79 Å². The lowest BCUT2D eigenvalue weighted by Crippen LogP contribution is -2.29. The van der Waals surface area contributed by atoms with E-state index in [9.17, 15) is 4.79 Å². The first-order chi connectivity index (χ1) is 23.2. The highest BCUT2D eigenvalue weighted by molar-refractivity contribution is 5.69. The molecule has 0 rings (SSSR count). The van der Waals surface area contributed by atoms with Gasteiger partial charge in [0.05, 0.1) is 13.2 Å². The van der Waals surface area contributed by atoms with Crippen LogP contribution in [0, 0.1) is 0 Å². The lowest BCUT2D eigenvalue weighted by atomic mass is 10.1. The molecule has 0 aromatic heterocycles. The molecule has 4 nitrogen and oxygen atoms in total. The smallest absolute Gasteiger partial charge is 0.306 e. The van der Waals surface area contributed by atoms with Crippen LogP contribution in [0.3, 0.4) is 0 Å². The van der Waals surface area contributed by atoms with E-state index in [2.05, 4.69) is 38.2 Å². The molecule has 0 aromatic rings. The van der Waals surface area contributed by atoms with Crippen LogP contribution in [0.1, 0.15) is 213 Å². The van der Waals surface area contributed by atoms with Gasteiger partial charge in [0.15, 0.2) is 0 Å². The Labute approximate surface area is 294 Å². The number of hydrogen-bond acceptors (Lipinski definition) is 4. The number of carbonyl (C=O) groups excluding carboxylic acids is 1. The van der Waals surface area contributed by atoms with Gasteiger partial charge in [-0.1, -0.05) is 161 Å². The second kappa shape index (κ2) is 41.0. The maximum atomic E-state index is 12.1. The summed E-state index contributed by atoms with van der Waals surface area (Å²) in [5.41, 5.74) is 0. The molecule has 0 unspecified atom stereocenters. The molecule has 0 atom stereocenters. The van der Waals surface area contributed by atoms with Gasteiger partial charge in [0.1, 0.15) is 6.10 Å². The molecule has 0 aliphatic carbocycles. The van der Waals surface area contributed by atoms with Crippen LogP contribution in [0.5, 0.6) is 0 Å². The Morgan fingerprint density at radius 2 is 0.745 bits per heavy atom. The largest absolute Gasteiger partial charge is 0.457 e. The van der Waals surface area contributed by atoms with Crippen LogP contribution in [0.2, 0.25) is 0 Å². The van der Waals surface area contributed by atoms with E-state index in [-0.39, 0.29) is 12.1 Å². The van der Waals surface area contributed by atoms with Crippen molar-refractivity contribution in [1.29, 1.82) is 0 Å². The number of rotatable bonds is 39. The third-order valence-electron chi connectivity index (χ3n) is 8.96. The molecule has 0 N–H and O–H groups in total. The Morgan fingerprint density at radius 3 is 1.09 bits per heavy atom. The molecule has 47 heavy (non-hydrogen) atoms. The first kappa shape index (κ1) is 45.9. The molecule has 0 spiro atoms. The van der Waals surface area contributed by atoms with Crippen molar-refractivity contribution in [1.82, 2.24) is 0 Å². The summed E-state index contributed by atoms with van der Waals surface area (Å²) < 4.78 is 17.5. The maximum Gasteiger partial charge on any atom is 0.306 e. The number of esters is 1. The molecule has 0 saturated heterocycles. The van der Waals surface area contributed by atoms with Gasteiger partial charge in [-0.2, -0.15) is 0 Å². The summed E-state index contributed by atoms with van der Waals surface area (Å²) in [7, 11) is 0. The summed E-state index contributed by atoms with van der Waals surface area (Å²) in [6.07, 6.45) is 47.2. The molecular formula is C43H82O4. The Bertz CT molecular complexity index is 612. The van der Waals surface area contributed by atoms with Crippen molar-refractivity contribution in [3.05, 3.63) is 24.3 Å². The van der Waals surface area contributed by atoms with Crippen LogP contribution in [0.15, 0.2) is 24.3 Å². The predicted octanol–water partition coefficient (Wildman–Crippen LogP) is 13.8. The van der Waals surface area contributed by atoms with Crippen LogP contribution in [-0.4, -0.2) is 38.5 Å². The fourth-order valence-electron chi connectivity index (χ4n) is 5.90. The van der Waals surface area contributed by atoms with E-state index in [1.807, 2.05) is 6.92 Å². The summed E-state index contributed by atoms with van der Waals surface area (Å²) in [5, 5.41) is 0. The minimum Gasteiger partial charge on any atom is -0.457 e. The van der Waals surface area contributed by atoms with E-state index in [0.29, 0.717) is 19.6 Å². The number of allylic oxidation sites excluding steroid dienone is 4. The molecule has 0 bridgehead atoms. The Morgan fingerprint density at radius 1 is 0.426 bits per heavy atom. The van der Waals surface area contributed by atoms with E-state index in [1.165, 1.54) is 167 Å². The highest BCUT2D eigenvalue weighted by Gasteiger charge is 2.15. The fraction of sp³-hybridized carbons (Fsp3) is 0.884.